The summed E-state index contributed by atoms with van der Waals surface area (Å²) in [7, 11) is 0. The van der Waals surface area contributed by atoms with Gasteiger partial charge < -0.3 is 5.32 Å². The predicted molar refractivity (Wildman–Crippen MR) is 48.2 cm³/mol. The number of anilines is 1. The van der Waals surface area contributed by atoms with Gasteiger partial charge in [0, 0.05) is 25.6 Å². The second kappa shape index (κ2) is 3.80. The Balaban J connectivity index is 2.81. The van der Waals surface area contributed by atoms with Gasteiger partial charge in [0.2, 0.25) is 5.91 Å². The van der Waals surface area contributed by atoms with Crippen LogP contribution in [-0.4, -0.2) is 16.7 Å². The highest BCUT2D eigenvalue weighted by Gasteiger charge is 2.00. The second-order valence-corrected chi connectivity index (χ2v) is 2.54. The molecule has 0 aliphatic rings. The number of carbonyl (C=O) groups excluding carboxylic acids is 2. The number of hydrogen-bond donors (Lipinski definition) is 1. The number of aromatic nitrogens is 1. The molecule has 0 spiro atoms. The van der Waals surface area contributed by atoms with Crippen LogP contribution in [0.4, 0.5) is 5.82 Å². The van der Waals surface area contributed by atoms with Crippen LogP contribution in [-0.2, 0) is 4.79 Å². The van der Waals surface area contributed by atoms with Gasteiger partial charge in [0.05, 0.1) is 0 Å². The van der Waals surface area contributed by atoms with Crippen LogP contribution in [0.1, 0.15) is 17.3 Å². The molecule has 1 amide bonds. The molecule has 1 rings (SSSR count). The van der Waals surface area contributed by atoms with Crippen molar-refractivity contribution in [1.29, 1.82) is 0 Å². The minimum absolute atomic E-state index is 0.193. The summed E-state index contributed by atoms with van der Waals surface area (Å²) >= 11 is 0. The monoisotopic (exact) mass is 177 g/mol. The first-order chi connectivity index (χ1) is 6.09. The van der Waals surface area contributed by atoms with Gasteiger partial charge in [-0.15, -0.1) is 0 Å². The van der Waals surface area contributed by atoms with E-state index in [1.54, 1.807) is 12.1 Å². The van der Waals surface area contributed by atoms with E-state index in [1.165, 1.54) is 13.1 Å². The van der Waals surface area contributed by atoms with E-state index in [4.69, 9.17) is 0 Å². The first-order valence-corrected chi connectivity index (χ1v) is 3.69. The van der Waals surface area contributed by atoms with Crippen LogP contribution in [0.5, 0.6) is 0 Å². The molecule has 1 radical (unpaired) electrons. The molecule has 0 saturated carbocycles. The van der Waals surface area contributed by atoms with Crippen LogP contribution in [0.25, 0.3) is 0 Å². The normalized spacial score (nSPS) is 9.38. The van der Waals surface area contributed by atoms with Crippen LogP contribution in [0, 0.1) is 6.92 Å². The summed E-state index contributed by atoms with van der Waals surface area (Å²) in [6, 6.07) is 3.12. The molecule has 0 aliphatic carbocycles. The van der Waals surface area contributed by atoms with Crippen LogP contribution in [0.3, 0.4) is 0 Å². The van der Waals surface area contributed by atoms with Crippen molar-refractivity contribution in [3.05, 3.63) is 30.8 Å². The van der Waals surface area contributed by atoms with Crippen molar-refractivity contribution in [2.45, 2.75) is 6.92 Å². The number of nitrogens with zero attached hydrogens (tertiary/aromatic N) is 1. The van der Waals surface area contributed by atoms with Gasteiger partial charge >= 0.3 is 0 Å². The summed E-state index contributed by atoms with van der Waals surface area (Å²) in [6.07, 6.45) is 1.38. The second-order valence-electron chi connectivity index (χ2n) is 2.54. The zero-order valence-corrected chi connectivity index (χ0v) is 7.20. The van der Waals surface area contributed by atoms with Gasteiger partial charge in [0.15, 0.2) is 5.78 Å². The number of Topliss-reactive ketones (excluding diaryl/α,β-unsaturated/α-hetero) is 1. The molecule has 4 nitrogen and oxygen atoms in total. The lowest BCUT2D eigenvalue weighted by atomic mass is 10.2. The van der Waals surface area contributed by atoms with Gasteiger partial charge in [-0.1, -0.05) is 0 Å². The van der Waals surface area contributed by atoms with Gasteiger partial charge in [0.25, 0.3) is 0 Å². The maximum Gasteiger partial charge on any atom is 0.222 e. The number of amides is 1. The average Bonchev–Trinajstić information content (AvgIpc) is 2.04. The van der Waals surface area contributed by atoms with Crippen LogP contribution in [0.2, 0.25) is 0 Å². The Morgan fingerprint density at radius 2 is 2.15 bits per heavy atom. The third-order valence-corrected chi connectivity index (χ3v) is 1.39. The van der Waals surface area contributed by atoms with Crippen LogP contribution >= 0.6 is 0 Å². The van der Waals surface area contributed by atoms with E-state index < -0.39 is 0 Å². The van der Waals surface area contributed by atoms with Crippen molar-refractivity contribution >= 4 is 17.5 Å². The molecule has 1 heterocycles. The molecule has 0 bridgehead atoms. The summed E-state index contributed by atoms with van der Waals surface area (Å²) in [4.78, 5) is 25.2. The SMILES string of the molecule is [CH2]C(=O)c1ccc(NC(C)=O)nc1. The molecule has 0 aromatic carbocycles. The molecule has 1 aromatic rings. The molecule has 0 unspecified atom stereocenters. The van der Waals surface area contributed by atoms with Crippen LogP contribution < -0.4 is 5.32 Å². The Morgan fingerprint density at radius 3 is 2.54 bits per heavy atom. The smallest absolute Gasteiger partial charge is 0.222 e. The molecule has 1 N–H and O–H groups in total. The van der Waals surface area contributed by atoms with Gasteiger partial charge in [0.1, 0.15) is 5.82 Å². The van der Waals surface area contributed by atoms with Gasteiger partial charge in [-0.2, -0.15) is 0 Å². The first-order valence-electron chi connectivity index (χ1n) is 3.69. The molecule has 1 aromatic heterocycles. The fourth-order valence-corrected chi connectivity index (χ4v) is 0.813. The molecule has 0 aliphatic heterocycles. The topological polar surface area (TPSA) is 59.1 Å². The highest BCUT2D eigenvalue weighted by Crippen LogP contribution is 2.04. The highest BCUT2D eigenvalue weighted by atomic mass is 16.1. The Kier molecular flexibility index (Phi) is 2.74. The van der Waals surface area contributed by atoms with Crippen molar-refractivity contribution in [3.8, 4) is 0 Å². The van der Waals surface area contributed by atoms with E-state index in [0.29, 0.717) is 11.4 Å². The Bertz CT molecular complexity index is 330. The minimum Gasteiger partial charge on any atom is -0.311 e. The van der Waals surface area contributed by atoms with Gasteiger partial charge in [-0.25, -0.2) is 4.98 Å². The quantitative estimate of drug-likeness (QED) is 0.687. The third-order valence-electron chi connectivity index (χ3n) is 1.39. The van der Waals surface area contributed by atoms with E-state index >= 15 is 0 Å². The lowest BCUT2D eigenvalue weighted by molar-refractivity contribution is -0.114. The lowest BCUT2D eigenvalue weighted by Crippen LogP contribution is -2.07. The van der Waals surface area contributed by atoms with E-state index in [-0.39, 0.29) is 11.7 Å². The van der Waals surface area contributed by atoms with Crippen molar-refractivity contribution in [1.82, 2.24) is 4.98 Å². The Labute approximate surface area is 76.0 Å². The summed E-state index contributed by atoms with van der Waals surface area (Å²) < 4.78 is 0. The number of ketones is 1. The number of rotatable bonds is 2. The van der Waals surface area contributed by atoms with Gasteiger partial charge in [-0.05, 0) is 12.1 Å². The first kappa shape index (κ1) is 9.38. The van der Waals surface area contributed by atoms with Crippen molar-refractivity contribution in [2.24, 2.45) is 0 Å². The summed E-state index contributed by atoms with van der Waals surface area (Å²) in [5.74, 6) is -0.0550. The Morgan fingerprint density at radius 1 is 1.46 bits per heavy atom. The third kappa shape index (κ3) is 2.66. The molecular formula is C9H9N2O2. The van der Waals surface area contributed by atoms with E-state index in [9.17, 15) is 9.59 Å². The van der Waals surface area contributed by atoms with Crippen molar-refractivity contribution < 1.29 is 9.59 Å². The molecule has 67 valence electrons. The Hall–Kier alpha value is -1.71. The molecule has 0 atom stereocenters. The maximum atomic E-state index is 10.7. The fraction of sp³-hybridized carbons (Fsp3) is 0.111. The molecule has 0 saturated heterocycles. The van der Waals surface area contributed by atoms with Crippen molar-refractivity contribution in [3.63, 3.8) is 0 Å². The number of nitrogens with one attached hydrogen (secondary N) is 1. The fourth-order valence-electron chi connectivity index (χ4n) is 0.813. The average molecular weight is 177 g/mol. The minimum atomic E-state index is -0.290. The van der Waals surface area contributed by atoms with E-state index in [2.05, 4.69) is 17.2 Å². The number of hydrogen-bond acceptors (Lipinski definition) is 3. The zero-order valence-electron chi connectivity index (χ0n) is 7.20. The maximum absolute atomic E-state index is 10.7. The highest BCUT2D eigenvalue weighted by molar-refractivity contribution is 5.99. The van der Waals surface area contributed by atoms with Gasteiger partial charge in [-0.3, -0.25) is 9.59 Å². The largest absolute Gasteiger partial charge is 0.311 e. The predicted octanol–water partition coefficient (Wildman–Crippen LogP) is 1.06. The van der Waals surface area contributed by atoms with E-state index in [1.807, 2.05) is 0 Å². The summed E-state index contributed by atoms with van der Waals surface area (Å²) in [5.41, 5.74) is 0.425. The summed E-state index contributed by atoms with van der Waals surface area (Å²) in [6.45, 7) is 4.62. The lowest BCUT2D eigenvalue weighted by Gasteiger charge is -2.00. The summed E-state index contributed by atoms with van der Waals surface area (Å²) in [5, 5.41) is 2.49. The molecule has 0 fully saturated rings. The number of carbonyl (C=O) groups is 2. The van der Waals surface area contributed by atoms with E-state index in [0.717, 1.165) is 0 Å². The zero-order chi connectivity index (χ0) is 9.84. The molecular weight excluding hydrogens is 168 g/mol. The standard InChI is InChI=1S/C9H9N2O2/c1-6(12)8-3-4-9(10-5-8)11-7(2)13/h3-5H,1H2,2H3,(H,10,11,13). The number of pyridine rings is 1. The van der Waals surface area contributed by atoms with Crippen LogP contribution in [0.15, 0.2) is 18.3 Å². The molecule has 4 heteroatoms. The molecule has 13 heavy (non-hydrogen) atoms. The van der Waals surface area contributed by atoms with Crippen molar-refractivity contribution in [2.75, 3.05) is 5.32 Å².